The summed E-state index contributed by atoms with van der Waals surface area (Å²) in [6.45, 7) is 7.30. The monoisotopic (exact) mass is 629 g/mol. The smallest absolute Gasteiger partial charge is 0.204 e. The molecule has 0 radical (unpaired) electrons. The fourth-order valence-electron chi connectivity index (χ4n) is 5.64. The number of aliphatic imine (C=N–C) groups is 1. The van der Waals surface area contributed by atoms with Gasteiger partial charge in [-0.05, 0) is 113 Å². The van der Waals surface area contributed by atoms with Crippen LogP contribution >= 0.6 is 11.6 Å². The van der Waals surface area contributed by atoms with E-state index in [-0.39, 0.29) is 5.92 Å². The summed E-state index contributed by atoms with van der Waals surface area (Å²) in [6.07, 6.45) is 11.6. The Labute approximate surface area is 274 Å². The van der Waals surface area contributed by atoms with Gasteiger partial charge in [0.1, 0.15) is 5.75 Å². The second-order valence-electron chi connectivity index (χ2n) is 11.7. The molecule has 2 aromatic carbocycles. The number of aromatic nitrogens is 1. The molecule has 1 unspecified atom stereocenters. The number of nitrogens with one attached hydrogen (secondary N) is 2. The topological polar surface area (TPSA) is 88.8 Å². The number of hydrogen-bond acceptors (Lipinski definition) is 6. The van der Waals surface area contributed by atoms with Crippen LogP contribution < -0.4 is 15.4 Å². The molecule has 4 rings (SSSR count). The van der Waals surface area contributed by atoms with E-state index in [0.717, 1.165) is 68.3 Å². The molecule has 3 aromatic rings. The Bertz CT molecular complexity index is 1310. The summed E-state index contributed by atoms with van der Waals surface area (Å²) in [6, 6.07) is 22.7. The number of halogens is 1. The Morgan fingerprint density at radius 2 is 1.82 bits per heavy atom. The van der Waals surface area contributed by atoms with Crippen molar-refractivity contribution in [3.05, 3.63) is 94.8 Å². The lowest BCUT2D eigenvalue weighted by molar-refractivity contribution is 0.221. The van der Waals surface area contributed by atoms with Crippen molar-refractivity contribution in [3.63, 3.8) is 0 Å². The number of piperidine rings is 1. The highest BCUT2D eigenvalue weighted by Crippen LogP contribution is 2.28. The van der Waals surface area contributed by atoms with Crippen LogP contribution in [0.15, 0.2) is 77.9 Å². The highest BCUT2D eigenvalue weighted by Gasteiger charge is 2.16. The van der Waals surface area contributed by atoms with Crippen LogP contribution in [0.5, 0.6) is 5.75 Å². The van der Waals surface area contributed by atoms with Crippen molar-refractivity contribution in [2.45, 2.75) is 57.4 Å². The second kappa shape index (κ2) is 19.7. The largest absolute Gasteiger partial charge is 0.494 e. The molecule has 0 spiro atoms. The number of rotatable bonds is 17. The predicted molar refractivity (Wildman–Crippen MR) is 184 cm³/mol. The minimum atomic E-state index is 0.226. The summed E-state index contributed by atoms with van der Waals surface area (Å²) in [7, 11) is 2.17. The number of nitriles is 1. The van der Waals surface area contributed by atoms with E-state index in [1.807, 2.05) is 36.7 Å². The van der Waals surface area contributed by atoms with Gasteiger partial charge in [-0.15, -0.1) is 0 Å². The first-order valence-electron chi connectivity index (χ1n) is 16.3. The summed E-state index contributed by atoms with van der Waals surface area (Å²) in [5.74, 6) is 1.63. The molecule has 1 atom stereocenters. The van der Waals surface area contributed by atoms with E-state index < -0.39 is 0 Å². The van der Waals surface area contributed by atoms with E-state index >= 15 is 0 Å². The van der Waals surface area contributed by atoms with E-state index in [2.05, 4.69) is 79.9 Å². The van der Waals surface area contributed by atoms with Crippen molar-refractivity contribution in [2.75, 3.05) is 52.9 Å². The summed E-state index contributed by atoms with van der Waals surface area (Å²) in [5.41, 5.74) is 3.65. The molecule has 2 N–H and O–H groups in total. The van der Waals surface area contributed by atoms with Gasteiger partial charge < -0.3 is 15.0 Å². The van der Waals surface area contributed by atoms with Gasteiger partial charge in [0.2, 0.25) is 5.96 Å². The van der Waals surface area contributed by atoms with Crippen LogP contribution in [0.2, 0.25) is 5.02 Å². The Morgan fingerprint density at radius 1 is 1.02 bits per heavy atom. The number of likely N-dealkylation sites (tertiary alicyclic amines) is 1. The standard InChI is InChI=1S/C36H48ClN7O/c1-43(26-19-34(35-10-3-4-20-39-35)31-13-15-32(37)16-14-31)23-8-5-21-40-36(42-29-38)41-22-9-27-45-33-17-11-30(12-18-33)28-44-24-6-2-7-25-44/h3-4,10-18,20,34H,2,5-9,19,21-28H2,1H3,(H2,40,41,42). The molecule has 240 valence electrons. The molecule has 0 amide bonds. The fraction of sp³-hybridized carbons (Fsp3) is 0.472. The molecule has 1 aliphatic heterocycles. The molecule has 1 aromatic heterocycles. The van der Waals surface area contributed by atoms with Crippen LogP contribution in [0.4, 0.5) is 0 Å². The number of unbranched alkanes of at least 4 members (excludes halogenated alkanes) is 1. The van der Waals surface area contributed by atoms with Crippen molar-refractivity contribution in [1.29, 1.82) is 5.26 Å². The lowest BCUT2D eigenvalue weighted by atomic mass is 9.92. The zero-order valence-electron chi connectivity index (χ0n) is 26.6. The van der Waals surface area contributed by atoms with Crippen molar-refractivity contribution < 1.29 is 4.74 Å². The first-order chi connectivity index (χ1) is 22.1. The number of pyridine rings is 1. The van der Waals surface area contributed by atoms with Crippen molar-refractivity contribution in [2.24, 2.45) is 4.99 Å². The Kier molecular flexibility index (Phi) is 15.0. The molecule has 0 aliphatic carbocycles. The van der Waals surface area contributed by atoms with E-state index in [4.69, 9.17) is 21.6 Å². The van der Waals surface area contributed by atoms with Crippen LogP contribution in [0.25, 0.3) is 0 Å². The van der Waals surface area contributed by atoms with Gasteiger partial charge in [-0.1, -0.05) is 48.4 Å². The van der Waals surface area contributed by atoms with Crippen LogP contribution in [-0.2, 0) is 6.54 Å². The minimum absolute atomic E-state index is 0.226. The Morgan fingerprint density at radius 3 is 2.56 bits per heavy atom. The molecule has 0 saturated carbocycles. The number of guanidine groups is 1. The average molecular weight is 630 g/mol. The quantitative estimate of drug-likeness (QED) is 0.0584. The Hall–Kier alpha value is -3.64. The van der Waals surface area contributed by atoms with Gasteiger partial charge in [0.15, 0.2) is 6.19 Å². The van der Waals surface area contributed by atoms with E-state index in [9.17, 15) is 0 Å². The van der Waals surface area contributed by atoms with Crippen molar-refractivity contribution >= 4 is 17.6 Å². The van der Waals surface area contributed by atoms with Gasteiger partial charge in [-0.2, -0.15) is 5.26 Å². The summed E-state index contributed by atoms with van der Waals surface area (Å²) >= 11 is 6.13. The second-order valence-corrected chi connectivity index (χ2v) is 12.2. The van der Waals surface area contributed by atoms with E-state index in [1.165, 1.54) is 43.5 Å². The van der Waals surface area contributed by atoms with Gasteiger partial charge in [0.25, 0.3) is 0 Å². The minimum Gasteiger partial charge on any atom is -0.494 e. The van der Waals surface area contributed by atoms with Gasteiger partial charge in [0.05, 0.1) is 6.61 Å². The highest BCUT2D eigenvalue weighted by atomic mass is 35.5. The van der Waals surface area contributed by atoms with Gasteiger partial charge in [-0.25, -0.2) is 0 Å². The van der Waals surface area contributed by atoms with Gasteiger partial charge in [0, 0.05) is 48.9 Å². The van der Waals surface area contributed by atoms with Crippen molar-refractivity contribution in [3.8, 4) is 11.9 Å². The zero-order valence-corrected chi connectivity index (χ0v) is 27.4. The highest BCUT2D eigenvalue weighted by molar-refractivity contribution is 6.30. The first kappa shape index (κ1) is 34.2. The summed E-state index contributed by atoms with van der Waals surface area (Å²) in [4.78, 5) is 14.1. The van der Waals surface area contributed by atoms with Crippen LogP contribution in [0.1, 0.15) is 67.7 Å². The number of hydrogen-bond donors (Lipinski definition) is 2. The molecule has 45 heavy (non-hydrogen) atoms. The number of benzene rings is 2. The van der Waals surface area contributed by atoms with Crippen LogP contribution in [0.3, 0.4) is 0 Å². The molecule has 0 bridgehead atoms. The molecule has 2 heterocycles. The molecule has 1 aliphatic rings. The summed E-state index contributed by atoms with van der Waals surface area (Å²) in [5, 5.41) is 15.8. The molecule has 1 saturated heterocycles. The maximum absolute atomic E-state index is 9.14. The SMILES string of the molecule is CN(CCCCNC(=NCCCOc1ccc(CN2CCCCC2)cc1)NC#N)CCC(c1ccc(Cl)cc1)c1ccccn1. The normalized spacial score (nSPS) is 14.6. The van der Waals surface area contributed by atoms with Crippen LogP contribution in [-0.4, -0.2) is 73.7 Å². The zero-order chi connectivity index (χ0) is 31.5. The fourth-order valence-corrected chi connectivity index (χ4v) is 5.77. The number of nitrogens with zero attached hydrogens (tertiary/aromatic N) is 5. The maximum Gasteiger partial charge on any atom is 0.204 e. The lowest BCUT2D eigenvalue weighted by Gasteiger charge is -2.26. The van der Waals surface area contributed by atoms with Crippen LogP contribution in [0, 0.1) is 11.5 Å². The maximum atomic E-state index is 9.14. The lowest BCUT2D eigenvalue weighted by Crippen LogP contribution is -2.35. The third-order valence-electron chi connectivity index (χ3n) is 8.17. The molecular weight excluding hydrogens is 582 g/mol. The average Bonchev–Trinajstić information content (AvgIpc) is 3.07. The number of ether oxygens (including phenoxy) is 1. The predicted octanol–water partition coefficient (Wildman–Crippen LogP) is 6.44. The first-order valence-corrected chi connectivity index (χ1v) is 16.7. The molecule has 9 heteroatoms. The van der Waals surface area contributed by atoms with Crippen molar-refractivity contribution in [1.82, 2.24) is 25.4 Å². The Balaban J connectivity index is 1.10. The summed E-state index contributed by atoms with van der Waals surface area (Å²) < 4.78 is 5.92. The molecular formula is C36H48ClN7O. The van der Waals surface area contributed by atoms with E-state index in [0.29, 0.717) is 19.1 Å². The molecule has 1 fully saturated rings. The third kappa shape index (κ3) is 12.7. The van der Waals surface area contributed by atoms with E-state index in [1.54, 1.807) is 0 Å². The van der Waals surface area contributed by atoms with Gasteiger partial charge >= 0.3 is 0 Å². The third-order valence-corrected chi connectivity index (χ3v) is 8.42. The van der Waals surface area contributed by atoms with Gasteiger partial charge in [-0.3, -0.25) is 20.2 Å². The molecule has 8 nitrogen and oxygen atoms in total.